The summed E-state index contributed by atoms with van der Waals surface area (Å²) in [5.74, 6) is 1.73. The molecule has 0 aliphatic rings. The van der Waals surface area contributed by atoms with Crippen LogP contribution in [-0.4, -0.2) is 50.6 Å². The number of aromatic nitrogens is 2. The monoisotopic (exact) mass is 346 g/mol. The number of ether oxygens (including phenoxy) is 3. The van der Waals surface area contributed by atoms with Gasteiger partial charge < -0.3 is 24.8 Å². The zero-order chi connectivity index (χ0) is 18.1. The predicted octanol–water partition coefficient (Wildman–Crippen LogP) is 2.19. The van der Waals surface area contributed by atoms with Crippen molar-refractivity contribution < 1.29 is 19.0 Å². The van der Waals surface area contributed by atoms with Crippen LogP contribution in [0.5, 0.6) is 11.5 Å². The van der Waals surface area contributed by atoms with Crippen molar-refractivity contribution in [2.24, 2.45) is 0 Å². The third kappa shape index (κ3) is 5.32. The number of nitrogens with one attached hydrogen (secondary N) is 2. The van der Waals surface area contributed by atoms with E-state index in [4.69, 9.17) is 14.2 Å². The molecule has 0 bridgehead atoms. The Bertz CT molecular complexity index is 692. The molecule has 1 aromatic carbocycles. The fraction of sp³-hybridized carbons (Fsp3) is 0.353. The molecule has 134 valence electrons. The van der Waals surface area contributed by atoms with Crippen LogP contribution in [0.3, 0.4) is 0 Å². The van der Waals surface area contributed by atoms with Crippen LogP contribution < -0.4 is 20.1 Å². The Kier molecular flexibility index (Phi) is 6.97. The molecule has 0 atom stereocenters. The van der Waals surface area contributed by atoms with Gasteiger partial charge in [-0.05, 0) is 36.8 Å². The fourth-order valence-corrected chi connectivity index (χ4v) is 2.09. The van der Waals surface area contributed by atoms with Crippen LogP contribution in [0.2, 0.25) is 0 Å². The normalized spacial score (nSPS) is 10.2. The lowest BCUT2D eigenvalue weighted by Crippen LogP contribution is -2.14. The maximum absolute atomic E-state index is 12.3. The molecule has 2 rings (SSSR count). The molecule has 0 saturated carbocycles. The molecule has 0 unspecified atom stereocenters. The van der Waals surface area contributed by atoms with E-state index in [1.54, 1.807) is 37.4 Å². The molecule has 2 aromatic rings. The van der Waals surface area contributed by atoms with Gasteiger partial charge >= 0.3 is 0 Å². The Balaban J connectivity index is 1.96. The number of nitrogens with zero attached hydrogens (tertiary/aromatic N) is 2. The molecule has 8 heteroatoms. The van der Waals surface area contributed by atoms with Crippen LogP contribution in [0.4, 0.5) is 11.6 Å². The maximum atomic E-state index is 12.3. The number of hydrogen-bond acceptors (Lipinski definition) is 7. The number of methoxy groups -OCH3 is 3. The highest BCUT2D eigenvalue weighted by Crippen LogP contribution is 2.27. The number of rotatable bonds is 9. The van der Waals surface area contributed by atoms with Crippen LogP contribution in [0.1, 0.15) is 16.8 Å². The van der Waals surface area contributed by atoms with Gasteiger partial charge in [-0.2, -0.15) is 0 Å². The molecule has 0 aliphatic heterocycles. The number of hydrogen-bond donors (Lipinski definition) is 2. The average molecular weight is 346 g/mol. The summed E-state index contributed by atoms with van der Waals surface area (Å²) in [5, 5.41) is 13.8. The molecule has 1 amide bonds. The van der Waals surface area contributed by atoms with Crippen LogP contribution in [0.25, 0.3) is 0 Å². The van der Waals surface area contributed by atoms with Crippen molar-refractivity contribution in [3.63, 3.8) is 0 Å². The maximum Gasteiger partial charge on any atom is 0.257 e. The van der Waals surface area contributed by atoms with Gasteiger partial charge in [0.2, 0.25) is 0 Å². The Morgan fingerprint density at radius 2 is 1.72 bits per heavy atom. The standard InChI is InChI=1S/C17H22N4O4/c1-23-10-4-9-18-15-7-8-16(21-20-15)19-17(22)12-5-6-13(24-2)14(11-12)25-3/h5-8,11H,4,9-10H2,1-3H3,(H,18,20)(H,19,21,22). The molecule has 25 heavy (non-hydrogen) atoms. The second kappa shape index (κ2) is 9.43. The second-order valence-corrected chi connectivity index (χ2v) is 5.10. The van der Waals surface area contributed by atoms with Gasteiger partial charge in [-0.15, -0.1) is 10.2 Å². The van der Waals surface area contributed by atoms with Gasteiger partial charge in [-0.1, -0.05) is 0 Å². The van der Waals surface area contributed by atoms with Gasteiger partial charge in [0.1, 0.15) is 5.82 Å². The highest BCUT2D eigenvalue weighted by molar-refractivity contribution is 6.04. The van der Waals surface area contributed by atoms with Crippen molar-refractivity contribution in [1.82, 2.24) is 10.2 Å². The molecule has 8 nitrogen and oxygen atoms in total. The lowest BCUT2D eigenvalue weighted by Gasteiger charge is -2.10. The van der Waals surface area contributed by atoms with Crippen LogP contribution in [0.15, 0.2) is 30.3 Å². The largest absolute Gasteiger partial charge is 0.493 e. The summed E-state index contributed by atoms with van der Waals surface area (Å²) in [6.07, 6.45) is 0.871. The van der Waals surface area contributed by atoms with E-state index in [0.29, 0.717) is 35.3 Å². The highest BCUT2D eigenvalue weighted by atomic mass is 16.5. The van der Waals surface area contributed by atoms with E-state index in [1.165, 1.54) is 14.2 Å². The van der Waals surface area contributed by atoms with Gasteiger partial charge in [0.25, 0.3) is 5.91 Å². The SMILES string of the molecule is COCCCNc1ccc(NC(=O)c2ccc(OC)c(OC)c2)nn1. The first-order valence-corrected chi connectivity index (χ1v) is 7.78. The number of amides is 1. The summed E-state index contributed by atoms with van der Waals surface area (Å²) in [6, 6.07) is 8.37. The topological polar surface area (TPSA) is 94.6 Å². The number of benzene rings is 1. The molecule has 0 fully saturated rings. The van der Waals surface area contributed by atoms with Crippen molar-refractivity contribution in [3.05, 3.63) is 35.9 Å². The van der Waals surface area contributed by atoms with Crippen molar-refractivity contribution >= 4 is 17.5 Å². The van der Waals surface area contributed by atoms with Crippen molar-refractivity contribution in [3.8, 4) is 11.5 Å². The first kappa shape index (κ1) is 18.5. The molecular formula is C17H22N4O4. The van der Waals surface area contributed by atoms with E-state index in [-0.39, 0.29) is 5.91 Å². The van der Waals surface area contributed by atoms with E-state index in [0.717, 1.165) is 13.0 Å². The number of carbonyl (C=O) groups is 1. The van der Waals surface area contributed by atoms with Crippen molar-refractivity contribution in [1.29, 1.82) is 0 Å². The quantitative estimate of drug-likeness (QED) is 0.672. The number of anilines is 2. The minimum Gasteiger partial charge on any atom is -0.493 e. The molecular weight excluding hydrogens is 324 g/mol. The van der Waals surface area contributed by atoms with Crippen molar-refractivity contribution in [2.75, 3.05) is 45.1 Å². The summed E-state index contributed by atoms with van der Waals surface area (Å²) >= 11 is 0. The first-order valence-electron chi connectivity index (χ1n) is 7.78. The van der Waals surface area contributed by atoms with Crippen LogP contribution in [-0.2, 0) is 4.74 Å². The van der Waals surface area contributed by atoms with Crippen LogP contribution in [0, 0.1) is 0 Å². The summed E-state index contributed by atoms with van der Waals surface area (Å²) in [5.41, 5.74) is 0.432. The first-order chi connectivity index (χ1) is 12.2. The zero-order valence-electron chi connectivity index (χ0n) is 14.5. The van der Waals surface area contributed by atoms with Gasteiger partial charge in [0, 0.05) is 25.8 Å². The molecule has 0 saturated heterocycles. The minimum absolute atomic E-state index is 0.309. The molecule has 1 heterocycles. The van der Waals surface area contributed by atoms with E-state index in [1.807, 2.05) is 0 Å². The van der Waals surface area contributed by atoms with Gasteiger partial charge in [0.05, 0.1) is 14.2 Å². The Hall–Kier alpha value is -2.87. The van der Waals surface area contributed by atoms with Gasteiger partial charge in [0.15, 0.2) is 17.3 Å². The smallest absolute Gasteiger partial charge is 0.257 e. The van der Waals surface area contributed by atoms with Crippen molar-refractivity contribution in [2.45, 2.75) is 6.42 Å². The van der Waals surface area contributed by atoms with Gasteiger partial charge in [-0.3, -0.25) is 4.79 Å². The lowest BCUT2D eigenvalue weighted by molar-refractivity contribution is 0.102. The van der Waals surface area contributed by atoms with Crippen LogP contribution >= 0.6 is 0 Å². The lowest BCUT2D eigenvalue weighted by atomic mass is 10.2. The molecule has 0 spiro atoms. The summed E-state index contributed by atoms with van der Waals surface area (Å²) in [7, 11) is 4.72. The molecule has 0 radical (unpaired) electrons. The highest BCUT2D eigenvalue weighted by Gasteiger charge is 2.11. The Morgan fingerprint density at radius 1 is 1.00 bits per heavy atom. The molecule has 0 aliphatic carbocycles. The summed E-state index contributed by atoms with van der Waals surface area (Å²) < 4.78 is 15.3. The van der Waals surface area contributed by atoms with E-state index >= 15 is 0 Å². The zero-order valence-corrected chi connectivity index (χ0v) is 14.5. The minimum atomic E-state index is -0.309. The predicted molar refractivity (Wildman–Crippen MR) is 94.5 cm³/mol. The van der Waals surface area contributed by atoms with E-state index in [9.17, 15) is 4.79 Å². The number of carbonyl (C=O) groups excluding carboxylic acids is 1. The van der Waals surface area contributed by atoms with E-state index < -0.39 is 0 Å². The molecule has 1 aromatic heterocycles. The summed E-state index contributed by atoms with van der Waals surface area (Å²) in [6.45, 7) is 1.42. The fourth-order valence-electron chi connectivity index (χ4n) is 2.09. The second-order valence-electron chi connectivity index (χ2n) is 5.10. The van der Waals surface area contributed by atoms with E-state index in [2.05, 4.69) is 20.8 Å². The Morgan fingerprint density at radius 3 is 2.36 bits per heavy atom. The summed E-state index contributed by atoms with van der Waals surface area (Å²) in [4.78, 5) is 12.3. The Labute approximate surface area is 146 Å². The van der Waals surface area contributed by atoms with Gasteiger partial charge in [-0.25, -0.2) is 0 Å². The third-order valence-corrected chi connectivity index (χ3v) is 3.38. The molecule has 2 N–H and O–H groups in total. The third-order valence-electron chi connectivity index (χ3n) is 3.38. The average Bonchev–Trinajstić information content (AvgIpc) is 2.65.